The highest BCUT2D eigenvalue weighted by Gasteiger charge is 2.45. The topological polar surface area (TPSA) is 95.9 Å². The maximum Gasteiger partial charge on any atom is 0.407 e. The van der Waals surface area contributed by atoms with Gasteiger partial charge in [-0.25, -0.2) is 9.59 Å². The van der Waals surface area contributed by atoms with E-state index in [-0.39, 0.29) is 37.3 Å². The van der Waals surface area contributed by atoms with Gasteiger partial charge in [-0.2, -0.15) is 0 Å². The highest BCUT2D eigenvalue weighted by Crippen LogP contribution is 2.44. The number of nitrogens with zero attached hydrogens (tertiary/aromatic N) is 1. The molecule has 0 spiro atoms. The molecule has 4 rings (SSSR count). The molecule has 33 heavy (non-hydrogen) atoms. The summed E-state index contributed by atoms with van der Waals surface area (Å²) in [6.45, 7) is 4.42. The highest BCUT2D eigenvalue weighted by atomic mass is 16.5. The number of amides is 2. The van der Waals surface area contributed by atoms with Gasteiger partial charge in [0.15, 0.2) is 0 Å². The number of benzene rings is 2. The molecule has 1 fully saturated rings. The third-order valence-corrected chi connectivity index (χ3v) is 6.86. The second-order valence-corrected chi connectivity index (χ2v) is 9.24. The average Bonchev–Trinajstić information content (AvgIpc) is 3.35. The zero-order valence-electron chi connectivity index (χ0n) is 19.0. The van der Waals surface area contributed by atoms with Crippen LogP contribution in [0.5, 0.6) is 0 Å². The van der Waals surface area contributed by atoms with Crippen molar-refractivity contribution in [1.82, 2.24) is 10.2 Å². The average molecular weight is 451 g/mol. The van der Waals surface area contributed by atoms with Crippen molar-refractivity contribution in [3.05, 3.63) is 59.7 Å². The molecule has 1 aliphatic heterocycles. The van der Waals surface area contributed by atoms with Crippen LogP contribution in [0.25, 0.3) is 11.1 Å². The Morgan fingerprint density at radius 1 is 1.12 bits per heavy atom. The second-order valence-electron chi connectivity index (χ2n) is 9.24. The molecule has 1 heterocycles. The number of carbonyl (C=O) groups excluding carboxylic acids is 2. The van der Waals surface area contributed by atoms with Gasteiger partial charge in [0, 0.05) is 25.4 Å². The van der Waals surface area contributed by atoms with Crippen LogP contribution >= 0.6 is 0 Å². The van der Waals surface area contributed by atoms with Crippen molar-refractivity contribution in [2.45, 2.75) is 44.6 Å². The molecule has 2 aromatic carbocycles. The summed E-state index contributed by atoms with van der Waals surface area (Å²) >= 11 is 0. The largest absolute Gasteiger partial charge is 0.480 e. The molecule has 1 unspecified atom stereocenters. The minimum atomic E-state index is -1.14. The normalized spacial score (nSPS) is 20.1. The van der Waals surface area contributed by atoms with Crippen molar-refractivity contribution in [3.63, 3.8) is 0 Å². The standard InChI is InChI=1S/C26H30N2O5/c1-17(14-23(29)28-13-7-12-26(28,2)24(30)31)15-27-25(32)33-16-22-20-10-5-3-8-18(20)19-9-4-6-11-21(19)22/h3-6,8-11,17,22H,7,12-16H2,1-2H3,(H,27,32)(H,30,31)/t17?,26-/m1/s1. The van der Waals surface area contributed by atoms with Gasteiger partial charge in [-0.1, -0.05) is 55.5 Å². The van der Waals surface area contributed by atoms with Crippen LogP contribution in [0.15, 0.2) is 48.5 Å². The third-order valence-electron chi connectivity index (χ3n) is 6.86. The lowest BCUT2D eigenvalue weighted by atomic mass is 9.98. The fourth-order valence-electron chi connectivity index (χ4n) is 4.97. The van der Waals surface area contributed by atoms with E-state index in [1.807, 2.05) is 31.2 Å². The number of ether oxygens (including phenoxy) is 1. The van der Waals surface area contributed by atoms with Gasteiger partial charge in [-0.15, -0.1) is 0 Å². The van der Waals surface area contributed by atoms with Crippen molar-refractivity contribution >= 4 is 18.0 Å². The second kappa shape index (κ2) is 9.25. The number of alkyl carbamates (subject to hydrolysis) is 1. The van der Waals surface area contributed by atoms with Crippen LogP contribution in [0, 0.1) is 5.92 Å². The highest BCUT2D eigenvalue weighted by molar-refractivity contribution is 5.87. The predicted octanol–water partition coefficient (Wildman–Crippen LogP) is 4.02. The van der Waals surface area contributed by atoms with Gasteiger partial charge in [0.1, 0.15) is 12.1 Å². The van der Waals surface area contributed by atoms with Crippen LogP contribution in [0.4, 0.5) is 4.79 Å². The van der Waals surface area contributed by atoms with Gasteiger partial charge in [-0.3, -0.25) is 4.79 Å². The van der Waals surface area contributed by atoms with Crippen LogP contribution in [-0.4, -0.2) is 53.2 Å². The van der Waals surface area contributed by atoms with Gasteiger partial charge >= 0.3 is 12.1 Å². The Kier molecular flexibility index (Phi) is 6.40. The van der Waals surface area contributed by atoms with Crippen molar-refractivity contribution < 1.29 is 24.2 Å². The Hall–Kier alpha value is -3.35. The number of nitrogens with one attached hydrogen (secondary N) is 1. The molecule has 0 aromatic heterocycles. The van der Waals surface area contributed by atoms with Crippen LogP contribution in [0.3, 0.4) is 0 Å². The van der Waals surface area contributed by atoms with Crippen molar-refractivity contribution in [1.29, 1.82) is 0 Å². The zero-order chi connectivity index (χ0) is 23.6. The van der Waals surface area contributed by atoms with Crippen molar-refractivity contribution in [2.24, 2.45) is 5.92 Å². The molecule has 0 bridgehead atoms. The van der Waals surface area contributed by atoms with Gasteiger partial charge in [0.05, 0.1) is 0 Å². The minimum absolute atomic E-state index is 0.00832. The summed E-state index contributed by atoms with van der Waals surface area (Å²) in [5, 5.41) is 12.3. The first-order valence-corrected chi connectivity index (χ1v) is 11.4. The van der Waals surface area contributed by atoms with E-state index in [1.54, 1.807) is 6.92 Å². The van der Waals surface area contributed by atoms with Gasteiger partial charge < -0.3 is 20.1 Å². The van der Waals surface area contributed by atoms with Crippen LogP contribution in [0.2, 0.25) is 0 Å². The van der Waals surface area contributed by atoms with E-state index in [2.05, 4.69) is 29.6 Å². The van der Waals surface area contributed by atoms with Crippen LogP contribution in [0.1, 0.15) is 50.2 Å². The minimum Gasteiger partial charge on any atom is -0.480 e. The Bertz CT molecular complexity index is 1020. The van der Waals surface area contributed by atoms with Crippen molar-refractivity contribution in [2.75, 3.05) is 19.7 Å². The molecule has 0 saturated carbocycles. The first kappa shape index (κ1) is 22.8. The van der Waals surface area contributed by atoms with E-state index in [1.165, 1.54) is 16.0 Å². The molecule has 2 amide bonds. The van der Waals surface area contributed by atoms with Gasteiger partial charge in [0.2, 0.25) is 5.91 Å². The summed E-state index contributed by atoms with van der Waals surface area (Å²) in [4.78, 5) is 38.1. The first-order valence-electron chi connectivity index (χ1n) is 11.4. The molecule has 2 atom stereocenters. The van der Waals surface area contributed by atoms with Crippen molar-refractivity contribution in [3.8, 4) is 11.1 Å². The summed E-state index contributed by atoms with van der Waals surface area (Å²) in [5.41, 5.74) is 3.50. The lowest BCUT2D eigenvalue weighted by Crippen LogP contribution is -2.51. The summed E-state index contributed by atoms with van der Waals surface area (Å²) < 4.78 is 5.54. The third kappa shape index (κ3) is 4.45. The molecular formula is C26H30N2O5. The molecule has 1 aliphatic carbocycles. The molecular weight excluding hydrogens is 420 g/mol. The van der Waals surface area contributed by atoms with E-state index in [4.69, 9.17) is 4.74 Å². The number of carbonyl (C=O) groups is 3. The molecule has 174 valence electrons. The summed E-state index contributed by atoms with van der Waals surface area (Å²) in [6.07, 6.45) is 0.793. The summed E-state index contributed by atoms with van der Waals surface area (Å²) in [6, 6.07) is 16.3. The number of carboxylic acids is 1. The number of hydrogen-bond donors (Lipinski definition) is 2. The Labute approximate surface area is 193 Å². The molecule has 2 aliphatic rings. The fourth-order valence-corrected chi connectivity index (χ4v) is 4.97. The molecule has 2 aromatic rings. The molecule has 0 radical (unpaired) electrons. The summed E-state index contributed by atoms with van der Waals surface area (Å²) in [5.74, 6) is -1.32. The smallest absolute Gasteiger partial charge is 0.407 e. The fraction of sp³-hybridized carbons (Fsp3) is 0.423. The van der Waals surface area contributed by atoms with E-state index in [0.717, 1.165) is 11.1 Å². The first-order chi connectivity index (χ1) is 15.8. The predicted molar refractivity (Wildman–Crippen MR) is 124 cm³/mol. The zero-order valence-corrected chi connectivity index (χ0v) is 19.0. The van der Waals surface area contributed by atoms with Gasteiger partial charge in [0.25, 0.3) is 0 Å². The Morgan fingerprint density at radius 2 is 1.73 bits per heavy atom. The van der Waals surface area contributed by atoms with Crippen LogP contribution < -0.4 is 5.32 Å². The maximum absolute atomic E-state index is 12.7. The molecule has 7 nitrogen and oxygen atoms in total. The molecule has 7 heteroatoms. The maximum atomic E-state index is 12.7. The lowest BCUT2D eigenvalue weighted by Gasteiger charge is -2.32. The summed E-state index contributed by atoms with van der Waals surface area (Å²) in [7, 11) is 0. The van der Waals surface area contributed by atoms with E-state index >= 15 is 0 Å². The van der Waals surface area contributed by atoms with Gasteiger partial charge in [-0.05, 0) is 47.9 Å². The number of hydrogen-bond acceptors (Lipinski definition) is 4. The molecule has 2 N–H and O–H groups in total. The quantitative estimate of drug-likeness (QED) is 0.664. The number of likely N-dealkylation sites (tertiary alicyclic amines) is 1. The van der Waals surface area contributed by atoms with E-state index < -0.39 is 17.6 Å². The van der Waals surface area contributed by atoms with E-state index in [0.29, 0.717) is 19.4 Å². The Morgan fingerprint density at radius 3 is 2.33 bits per heavy atom. The number of carboxylic acid groups (broad SMARTS) is 1. The Balaban J connectivity index is 1.28. The number of rotatable bonds is 7. The van der Waals surface area contributed by atoms with Crippen LogP contribution in [-0.2, 0) is 14.3 Å². The number of aliphatic carboxylic acids is 1. The monoisotopic (exact) mass is 450 g/mol. The lowest BCUT2D eigenvalue weighted by molar-refractivity contribution is -0.155. The SMILES string of the molecule is CC(CNC(=O)OCC1c2ccccc2-c2ccccc21)CC(=O)N1CCC[C@]1(C)C(=O)O. The molecule has 1 saturated heterocycles. The van der Waals surface area contributed by atoms with E-state index in [9.17, 15) is 19.5 Å². The number of fused-ring (bicyclic) bond motifs is 3.